The summed E-state index contributed by atoms with van der Waals surface area (Å²) in [5.41, 5.74) is 0.558. The SMILES string of the molecule is CCN(CC)C(=S)SCC(=O)Nc1ccc(S(=O)(=O)N(CC)CC)cc1. The van der Waals surface area contributed by atoms with Crippen LogP contribution in [0.1, 0.15) is 27.7 Å². The van der Waals surface area contributed by atoms with Gasteiger partial charge in [-0.2, -0.15) is 4.31 Å². The van der Waals surface area contributed by atoms with Crippen LogP contribution >= 0.6 is 24.0 Å². The lowest BCUT2D eigenvalue weighted by Crippen LogP contribution is -2.30. The van der Waals surface area contributed by atoms with Crippen molar-refractivity contribution in [1.82, 2.24) is 9.21 Å². The maximum atomic E-state index is 12.4. The van der Waals surface area contributed by atoms with E-state index in [0.29, 0.717) is 23.1 Å². The van der Waals surface area contributed by atoms with E-state index in [1.165, 1.54) is 28.2 Å². The molecular formula is C17H27N3O3S3. The van der Waals surface area contributed by atoms with Gasteiger partial charge in [-0.05, 0) is 38.1 Å². The van der Waals surface area contributed by atoms with Gasteiger partial charge < -0.3 is 10.2 Å². The van der Waals surface area contributed by atoms with Gasteiger partial charge in [0.05, 0.1) is 10.6 Å². The van der Waals surface area contributed by atoms with Crippen LogP contribution in [-0.4, -0.2) is 59.8 Å². The van der Waals surface area contributed by atoms with Crippen LogP contribution in [0.3, 0.4) is 0 Å². The van der Waals surface area contributed by atoms with E-state index >= 15 is 0 Å². The highest BCUT2D eigenvalue weighted by Gasteiger charge is 2.21. The molecule has 0 spiro atoms. The fourth-order valence-corrected chi connectivity index (χ4v) is 4.98. The summed E-state index contributed by atoms with van der Waals surface area (Å²) in [6.45, 7) is 10.1. The Balaban J connectivity index is 2.67. The van der Waals surface area contributed by atoms with Crippen molar-refractivity contribution in [2.75, 3.05) is 37.2 Å². The molecule has 0 aliphatic carbocycles. The number of anilines is 1. The lowest BCUT2D eigenvalue weighted by molar-refractivity contribution is -0.113. The van der Waals surface area contributed by atoms with Gasteiger partial charge in [-0.15, -0.1) is 0 Å². The molecule has 6 nitrogen and oxygen atoms in total. The standard InChI is InChI=1S/C17H27N3O3S3/c1-5-19(6-2)17(24)25-13-16(21)18-14-9-11-15(12-10-14)26(22,23)20(7-3)8-4/h9-12H,5-8,13H2,1-4H3,(H,18,21). The minimum atomic E-state index is -3.49. The van der Waals surface area contributed by atoms with Crippen molar-refractivity contribution in [1.29, 1.82) is 0 Å². The van der Waals surface area contributed by atoms with Crippen molar-refractivity contribution in [3.63, 3.8) is 0 Å². The summed E-state index contributed by atoms with van der Waals surface area (Å²) in [4.78, 5) is 14.3. The second-order valence-electron chi connectivity index (χ2n) is 5.39. The van der Waals surface area contributed by atoms with Crippen molar-refractivity contribution < 1.29 is 13.2 Å². The number of thioether (sulfide) groups is 1. The van der Waals surface area contributed by atoms with Crippen LogP contribution in [0.5, 0.6) is 0 Å². The second kappa shape index (κ2) is 10.9. The molecule has 0 saturated heterocycles. The average Bonchev–Trinajstić information content (AvgIpc) is 2.62. The molecule has 0 aliphatic heterocycles. The Bertz CT molecular complexity index is 698. The molecule has 0 aromatic heterocycles. The topological polar surface area (TPSA) is 69.7 Å². The summed E-state index contributed by atoms with van der Waals surface area (Å²) in [5.74, 6) is 0.0401. The average molecular weight is 418 g/mol. The second-order valence-corrected chi connectivity index (χ2v) is 8.94. The van der Waals surface area contributed by atoms with E-state index in [2.05, 4.69) is 5.32 Å². The minimum absolute atomic E-state index is 0.177. The van der Waals surface area contributed by atoms with E-state index in [1.807, 2.05) is 18.7 Å². The van der Waals surface area contributed by atoms with Crippen LogP contribution in [0.2, 0.25) is 0 Å². The van der Waals surface area contributed by atoms with E-state index < -0.39 is 10.0 Å². The first kappa shape index (κ1) is 22.9. The third kappa shape index (κ3) is 6.22. The summed E-state index contributed by atoms with van der Waals surface area (Å²) in [7, 11) is -3.49. The van der Waals surface area contributed by atoms with Crippen LogP contribution in [0.15, 0.2) is 29.2 Å². The number of hydrogen-bond donors (Lipinski definition) is 1. The van der Waals surface area contributed by atoms with Gasteiger partial charge in [0.25, 0.3) is 0 Å². The van der Waals surface area contributed by atoms with Gasteiger partial charge >= 0.3 is 0 Å². The quantitative estimate of drug-likeness (QED) is 0.623. The minimum Gasteiger partial charge on any atom is -0.358 e. The fraction of sp³-hybridized carbons (Fsp3) is 0.529. The number of carbonyl (C=O) groups excluding carboxylic acids is 1. The highest BCUT2D eigenvalue weighted by Crippen LogP contribution is 2.18. The normalized spacial score (nSPS) is 11.4. The maximum absolute atomic E-state index is 12.4. The Kier molecular flexibility index (Phi) is 9.56. The molecule has 0 saturated carbocycles. The first-order valence-electron chi connectivity index (χ1n) is 8.61. The molecule has 1 N–H and O–H groups in total. The molecular weight excluding hydrogens is 390 g/mol. The number of carbonyl (C=O) groups is 1. The maximum Gasteiger partial charge on any atom is 0.243 e. The summed E-state index contributed by atoms with van der Waals surface area (Å²) in [5, 5.41) is 2.76. The number of nitrogens with zero attached hydrogens (tertiary/aromatic N) is 2. The summed E-state index contributed by atoms with van der Waals surface area (Å²) < 4.78 is 27.0. The van der Waals surface area contributed by atoms with Gasteiger partial charge in [0.2, 0.25) is 15.9 Å². The van der Waals surface area contributed by atoms with Crippen molar-refractivity contribution in [3.8, 4) is 0 Å². The number of sulfonamides is 1. The van der Waals surface area contributed by atoms with E-state index in [1.54, 1.807) is 26.0 Å². The zero-order valence-corrected chi connectivity index (χ0v) is 18.1. The van der Waals surface area contributed by atoms with Crippen molar-refractivity contribution >= 4 is 49.9 Å². The third-order valence-electron chi connectivity index (χ3n) is 3.83. The molecule has 1 aromatic carbocycles. The molecule has 0 bridgehead atoms. The van der Waals surface area contributed by atoms with Crippen molar-refractivity contribution in [3.05, 3.63) is 24.3 Å². The molecule has 0 aliphatic rings. The highest BCUT2D eigenvalue weighted by molar-refractivity contribution is 8.23. The summed E-state index contributed by atoms with van der Waals surface area (Å²) in [6.07, 6.45) is 0. The summed E-state index contributed by atoms with van der Waals surface area (Å²) >= 11 is 6.62. The van der Waals surface area contributed by atoms with Crippen LogP contribution in [-0.2, 0) is 14.8 Å². The van der Waals surface area contributed by atoms with Gasteiger partial charge in [-0.3, -0.25) is 4.79 Å². The predicted molar refractivity (Wildman–Crippen MR) is 113 cm³/mol. The van der Waals surface area contributed by atoms with Gasteiger partial charge in [0.15, 0.2) is 0 Å². The first-order chi connectivity index (χ1) is 12.3. The fourth-order valence-electron chi connectivity index (χ4n) is 2.32. The van der Waals surface area contributed by atoms with Gasteiger partial charge in [-0.1, -0.05) is 37.8 Å². The van der Waals surface area contributed by atoms with E-state index in [9.17, 15) is 13.2 Å². The zero-order chi connectivity index (χ0) is 19.7. The van der Waals surface area contributed by atoms with Gasteiger partial charge in [0.1, 0.15) is 4.32 Å². The Morgan fingerprint density at radius 3 is 2.04 bits per heavy atom. The van der Waals surface area contributed by atoms with Crippen molar-refractivity contribution in [2.24, 2.45) is 0 Å². The van der Waals surface area contributed by atoms with E-state index in [0.717, 1.165) is 13.1 Å². The van der Waals surface area contributed by atoms with E-state index in [-0.39, 0.29) is 16.6 Å². The lowest BCUT2D eigenvalue weighted by Gasteiger charge is -2.20. The molecule has 1 rings (SSSR count). The van der Waals surface area contributed by atoms with Crippen LogP contribution in [0.25, 0.3) is 0 Å². The van der Waals surface area contributed by atoms with Gasteiger partial charge in [0, 0.05) is 31.9 Å². The Morgan fingerprint density at radius 1 is 1.04 bits per heavy atom. The molecule has 9 heteroatoms. The largest absolute Gasteiger partial charge is 0.358 e. The monoisotopic (exact) mass is 417 g/mol. The van der Waals surface area contributed by atoms with E-state index in [4.69, 9.17) is 12.2 Å². The zero-order valence-electron chi connectivity index (χ0n) is 15.7. The Morgan fingerprint density at radius 2 is 1.58 bits per heavy atom. The lowest BCUT2D eigenvalue weighted by atomic mass is 10.3. The van der Waals surface area contributed by atoms with Crippen molar-refractivity contribution in [2.45, 2.75) is 32.6 Å². The molecule has 0 unspecified atom stereocenters. The van der Waals surface area contributed by atoms with Gasteiger partial charge in [-0.25, -0.2) is 8.42 Å². The molecule has 0 radical (unpaired) electrons. The van der Waals surface area contributed by atoms with Crippen LogP contribution in [0.4, 0.5) is 5.69 Å². The molecule has 26 heavy (non-hydrogen) atoms. The smallest absolute Gasteiger partial charge is 0.243 e. The number of benzene rings is 1. The third-order valence-corrected chi connectivity index (χ3v) is 7.42. The number of nitrogens with one attached hydrogen (secondary N) is 1. The first-order valence-corrected chi connectivity index (χ1v) is 11.4. The van der Waals surface area contributed by atoms with Crippen LogP contribution in [0, 0.1) is 0 Å². The molecule has 0 atom stereocenters. The Labute approximate surface area is 166 Å². The highest BCUT2D eigenvalue weighted by atomic mass is 32.2. The summed E-state index contributed by atoms with van der Waals surface area (Å²) in [6, 6.07) is 6.22. The number of hydrogen-bond acceptors (Lipinski definition) is 5. The predicted octanol–water partition coefficient (Wildman–Crippen LogP) is 3.02. The molecule has 0 fully saturated rings. The van der Waals surface area contributed by atoms with Crippen LogP contribution < -0.4 is 5.32 Å². The number of thiocarbonyl (C=S) groups is 1. The Hall–Kier alpha value is -1.16. The molecule has 1 aromatic rings. The number of rotatable bonds is 9. The molecule has 146 valence electrons. The number of amides is 1. The molecule has 1 amide bonds. The molecule has 0 heterocycles.